The second-order valence-electron chi connectivity index (χ2n) is 4.84. The molecule has 0 atom stereocenters. The Labute approximate surface area is 116 Å². The smallest absolute Gasteiger partial charge is 0.273 e. The molecular weight excluding hydrogens is 254 g/mol. The molecule has 0 unspecified atom stereocenters. The van der Waals surface area contributed by atoms with Crippen molar-refractivity contribution in [2.45, 2.75) is 12.8 Å². The molecule has 0 aliphatic carbocycles. The Bertz CT molecular complexity index is 666. The molecule has 102 valence electrons. The number of nitrogens with zero attached hydrogens (tertiary/aromatic N) is 3. The van der Waals surface area contributed by atoms with E-state index < -0.39 is 0 Å². The third kappa shape index (κ3) is 2.22. The molecule has 1 amide bonds. The third-order valence-corrected chi connectivity index (χ3v) is 3.65. The van der Waals surface area contributed by atoms with E-state index in [1.54, 1.807) is 11.1 Å². The lowest BCUT2D eigenvalue weighted by Gasteiger charge is -2.27. The molecule has 1 aromatic carbocycles. The second kappa shape index (κ2) is 5.28. The van der Waals surface area contributed by atoms with Crippen LogP contribution in [0.4, 0.5) is 0 Å². The quantitative estimate of drug-likeness (QED) is 0.638. The number of benzene rings is 1. The minimum atomic E-state index is -0.0567. The molecule has 20 heavy (non-hydrogen) atoms. The molecular formula is C15H15N3O2. The molecule has 0 radical (unpaired) electrons. The highest BCUT2D eigenvalue weighted by Crippen LogP contribution is 2.19. The van der Waals surface area contributed by atoms with E-state index in [9.17, 15) is 4.79 Å². The van der Waals surface area contributed by atoms with Gasteiger partial charge in [-0.25, -0.2) is 0 Å². The van der Waals surface area contributed by atoms with Gasteiger partial charge >= 0.3 is 0 Å². The summed E-state index contributed by atoms with van der Waals surface area (Å²) >= 11 is 0. The first-order valence-corrected chi connectivity index (χ1v) is 6.62. The van der Waals surface area contributed by atoms with Gasteiger partial charge in [0.1, 0.15) is 5.69 Å². The van der Waals surface area contributed by atoms with Crippen molar-refractivity contribution < 1.29 is 10.0 Å². The molecule has 3 rings (SSSR count). The Morgan fingerprint density at radius 3 is 2.70 bits per heavy atom. The summed E-state index contributed by atoms with van der Waals surface area (Å²) in [6.45, 7) is 1.15. The normalized spacial score (nSPS) is 15.4. The molecule has 2 aromatic rings. The molecule has 2 heterocycles. The average Bonchev–Trinajstić information content (AvgIpc) is 2.54. The molecule has 0 spiro atoms. The molecule has 1 fully saturated rings. The number of carbonyl (C=O) groups excluding carboxylic acids is 1. The van der Waals surface area contributed by atoms with E-state index in [1.807, 2.05) is 30.3 Å². The summed E-state index contributed by atoms with van der Waals surface area (Å²) in [7, 11) is 0. The number of fused-ring (bicyclic) bond motifs is 1. The van der Waals surface area contributed by atoms with Crippen molar-refractivity contribution in [1.82, 2.24) is 9.88 Å². The molecule has 1 aromatic heterocycles. The molecule has 1 aliphatic rings. The highest BCUT2D eigenvalue weighted by molar-refractivity contribution is 6.05. The van der Waals surface area contributed by atoms with Crippen molar-refractivity contribution in [2.24, 2.45) is 5.16 Å². The number of amides is 1. The molecule has 5 nitrogen and oxygen atoms in total. The monoisotopic (exact) mass is 269 g/mol. The summed E-state index contributed by atoms with van der Waals surface area (Å²) in [6.07, 6.45) is 2.90. The predicted molar refractivity (Wildman–Crippen MR) is 76.1 cm³/mol. The van der Waals surface area contributed by atoms with Gasteiger partial charge in [0.2, 0.25) is 0 Å². The number of rotatable bonds is 1. The van der Waals surface area contributed by atoms with Gasteiger partial charge in [-0.2, -0.15) is 0 Å². The van der Waals surface area contributed by atoms with Crippen LogP contribution in [0.2, 0.25) is 0 Å². The number of oxime groups is 1. The van der Waals surface area contributed by atoms with Crippen LogP contribution in [-0.2, 0) is 0 Å². The van der Waals surface area contributed by atoms with Crippen LogP contribution in [0.5, 0.6) is 0 Å². The van der Waals surface area contributed by atoms with Crippen LogP contribution in [0.1, 0.15) is 23.3 Å². The van der Waals surface area contributed by atoms with Crippen LogP contribution >= 0.6 is 0 Å². The van der Waals surface area contributed by atoms with Gasteiger partial charge in [0.15, 0.2) is 0 Å². The maximum absolute atomic E-state index is 12.6. The van der Waals surface area contributed by atoms with E-state index in [0.717, 1.165) is 16.5 Å². The van der Waals surface area contributed by atoms with Crippen molar-refractivity contribution >= 4 is 22.4 Å². The molecule has 0 saturated carbocycles. The maximum Gasteiger partial charge on any atom is 0.273 e. The number of hydrogen-bond donors (Lipinski definition) is 1. The first-order valence-electron chi connectivity index (χ1n) is 6.62. The predicted octanol–water partition coefficient (Wildman–Crippen LogP) is 2.30. The van der Waals surface area contributed by atoms with Gasteiger partial charge in [0.25, 0.3) is 5.91 Å². The topological polar surface area (TPSA) is 65.8 Å². The van der Waals surface area contributed by atoms with Crippen molar-refractivity contribution in [1.29, 1.82) is 0 Å². The van der Waals surface area contributed by atoms with E-state index in [2.05, 4.69) is 10.1 Å². The number of pyridine rings is 1. The van der Waals surface area contributed by atoms with Crippen LogP contribution in [0, 0.1) is 0 Å². The standard InChI is InChI=1S/C15H15N3O2/c19-15(18-9-6-12(17-20)7-10-18)14-13-4-2-1-3-11(13)5-8-16-14/h1-5,8,20H,6-7,9-10H2. The van der Waals surface area contributed by atoms with Gasteiger partial charge in [-0.1, -0.05) is 29.4 Å². The summed E-state index contributed by atoms with van der Waals surface area (Å²) in [6, 6.07) is 9.65. The Morgan fingerprint density at radius 1 is 1.20 bits per heavy atom. The SMILES string of the molecule is O=C(c1nccc2ccccc12)N1CCC(=NO)CC1. The van der Waals surface area contributed by atoms with Gasteiger partial charge < -0.3 is 10.1 Å². The van der Waals surface area contributed by atoms with Crippen LogP contribution in [-0.4, -0.2) is 39.8 Å². The first-order chi connectivity index (χ1) is 9.79. The lowest BCUT2D eigenvalue weighted by atomic mass is 10.1. The summed E-state index contributed by atoms with van der Waals surface area (Å²) in [5.41, 5.74) is 1.24. The zero-order valence-corrected chi connectivity index (χ0v) is 11.0. The summed E-state index contributed by atoms with van der Waals surface area (Å²) in [5, 5.41) is 13.9. The highest BCUT2D eigenvalue weighted by Gasteiger charge is 2.23. The second-order valence-corrected chi connectivity index (χ2v) is 4.84. The highest BCUT2D eigenvalue weighted by atomic mass is 16.4. The molecule has 1 N–H and O–H groups in total. The minimum absolute atomic E-state index is 0.0567. The minimum Gasteiger partial charge on any atom is -0.411 e. The largest absolute Gasteiger partial charge is 0.411 e. The zero-order chi connectivity index (χ0) is 13.9. The molecule has 1 saturated heterocycles. The first kappa shape index (κ1) is 12.6. The zero-order valence-electron chi connectivity index (χ0n) is 11.0. The van der Waals surface area contributed by atoms with E-state index >= 15 is 0 Å². The van der Waals surface area contributed by atoms with Gasteiger partial charge in [-0.15, -0.1) is 0 Å². The van der Waals surface area contributed by atoms with Crippen LogP contribution in [0.25, 0.3) is 10.8 Å². The van der Waals surface area contributed by atoms with Gasteiger partial charge in [-0.05, 0) is 11.5 Å². The Morgan fingerprint density at radius 2 is 1.95 bits per heavy atom. The average molecular weight is 269 g/mol. The van der Waals surface area contributed by atoms with E-state index in [4.69, 9.17) is 5.21 Å². The van der Waals surface area contributed by atoms with Gasteiger partial charge in [0.05, 0.1) is 5.71 Å². The third-order valence-electron chi connectivity index (χ3n) is 3.65. The maximum atomic E-state index is 12.6. The Hall–Kier alpha value is -2.43. The van der Waals surface area contributed by atoms with E-state index in [1.165, 1.54) is 0 Å². The summed E-state index contributed by atoms with van der Waals surface area (Å²) in [5.74, 6) is -0.0567. The molecule has 1 aliphatic heterocycles. The molecule has 5 heteroatoms. The Kier molecular flexibility index (Phi) is 3.33. The fourth-order valence-corrected chi connectivity index (χ4v) is 2.51. The van der Waals surface area contributed by atoms with E-state index in [-0.39, 0.29) is 5.91 Å². The van der Waals surface area contributed by atoms with Crippen molar-refractivity contribution in [3.63, 3.8) is 0 Å². The van der Waals surface area contributed by atoms with Crippen molar-refractivity contribution in [2.75, 3.05) is 13.1 Å². The van der Waals surface area contributed by atoms with Crippen LogP contribution in [0.15, 0.2) is 41.7 Å². The summed E-state index contributed by atoms with van der Waals surface area (Å²) < 4.78 is 0. The van der Waals surface area contributed by atoms with Crippen LogP contribution < -0.4 is 0 Å². The number of likely N-dealkylation sites (tertiary alicyclic amines) is 1. The number of carbonyl (C=O) groups is 1. The van der Waals surface area contributed by atoms with Crippen molar-refractivity contribution in [3.05, 3.63) is 42.2 Å². The van der Waals surface area contributed by atoms with Crippen LogP contribution in [0.3, 0.4) is 0 Å². The number of aromatic nitrogens is 1. The summed E-state index contributed by atoms with van der Waals surface area (Å²) in [4.78, 5) is 18.6. The lowest BCUT2D eigenvalue weighted by molar-refractivity contribution is 0.0750. The van der Waals surface area contributed by atoms with Gasteiger partial charge in [0, 0.05) is 37.5 Å². The number of hydrogen-bond acceptors (Lipinski definition) is 4. The lowest BCUT2D eigenvalue weighted by Crippen LogP contribution is -2.39. The fraction of sp³-hybridized carbons (Fsp3) is 0.267. The Balaban J connectivity index is 1.90. The van der Waals surface area contributed by atoms with Gasteiger partial charge in [-0.3, -0.25) is 9.78 Å². The van der Waals surface area contributed by atoms with Crippen molar-refractivity contribution in [3.8, 4) is 0 Å². The van der Waals surface area contributed by atoms with E-state index in [0.29, 0.717) is 31.6 Å². The molecule has 0 bridgehead atoms. The number of piperidine rings is 1. The fourth-order valence-electron chi connectivity index (χ4n) is 2.51.